The number of anilines is 2. The zero-order chi connectivity index (χ0) is 14.2. The molecule has 2 unspecified atom stereocenters. The lowest BCUT2D eigenvalue weighted by molar-refractivity contribution is 0.203. The van der Waals surface area contributed by atoms with Gasteiger partial charge in [-0.2, -0.15) is 0 Å². The summed E-state index contributed by atoms with van der Waals surface area (Å²) in [6.45, 7) is 8.61. The SMILES string of the molecule is CC1CN2CCCC2CN1c1ccc(N2CCCC2)cc1. The van der Waals surface area contributed by atoms with Gasteiger partial charge in [0.2, 0.25) is 0 Å². The largest absolute Gasteiger partial charge is 0.372 e. The quantitative estimate of drug-likeness (QED) is 0.827. The zero-order valence-electron chi connectivity index (χ0n) is 13.2. The van der Waals surface area contributed by atoms with Crippen molar-refractivity contribution in [1.29, 1.82) is 0 Å². The molecule has 0 N–H and O–H groups in total. The molecule has 0 aromatic heterocycles. The summed E-state index contributed by atoms with van der Waals surface area (Å²) in [5.41, 5.74) is 2.82. The first-order valence-electron chi connectivity index (χ1n) is 8.67. The van der Waals surface area contributed by atoms with Gasteiger partial charge in [0.1, 0.15) is 0 Å². The van der Waals surface area contributed by atoms with Crippen LogP contribution < -0.4 is 9.80 Å². The average Bonchev–Trinajstić information content (AvgIpc) is 3.17. The van der Waals surface area contributed by atoms with E-state index in [-0.39, 0.29) is 0 Å². The van der Waals surface area contributed by atoms with Crippen LogP contribution in [0.3, 0.4) is 0 Å². The average molecular weight is 285 g/mol. The Hall–Kier alpha value is -1.22. The van der Waals surface area contributed by atoms with Crippen LogP contribution in [0, 0.1) is 0 Å². The van der Waals surface area contributed by atoms with Gasteiger partial charge >= 0.3 is 0 Å². The molecule has 0 saturated carbocycles. The van der Waals surface area contributed by atoms with E-state index >= 15 is 0 Å². The first-order chi connectivity index (χ1) is 10.3. The van der Waals surface area contributed by atoms with Crippen LogP contribution in [0.15, 0.2) is 24.3 Å². The zero-order valence-corrected chi connectivity index (χ0v) is 13.2. The number of nitrogens with zero attached hydrogens (tertiary/aromatic N) is 3. The minimum atomic E-state index is 0.636. The first-order valence-corrected chi connectivity index (χ1v) is 8.67. The Labute approximate surface area is 128 Å². The van der Waals surface area contributed by atoms with E-state index in [2.05, 4.69) is 45.9 Å². The number of rotatable bonds is 2. The molecule has 0 aliphatic carbocycles. The topological polar surface area (TPSA) is 9.72 Å². The van der Waals surface area contributed by atoms with Crippen molar-refractivity contribution in [1.82, 2.24) is 4.90 Å². The maximum Gasteiger partial charge on any atom is 0.0389 e. The third kappa shape index (κ3) is 2.52. The molecule has 3 heterocycles. The van der Waals surface area contributed by atoms with Gasteiger partial charge in [-0.3, -0.25) is 4.90 Å². The molecular weight excluding hydrogens is 258 g/mol. The Balaban J connectivity index is 1.50. The van der Waals surface area contributed by atoms with Crippen LogP contribution >= 0.6 is 0 Å². The molecule has 3 saturated heterocycles. The summed E-state index contributed by atoms with van der Waals surface area (Å²) in [6.07, 6.45) is 5.47. The molecule has 114 valence electrons. The summed E-state index contributed by atoms with van der Waals surface area (Å²) < 4.78 is 0. The summed E-state index contributed by atoms with van der Waals surface area (Å²) in [5.74, 6) is 0. The second kappa shape index (κ2) is 5.53. The summed E-state index contributed by atoms with van der Waals surface area (Å²) >= 11 is 0. The number of fused-ring (bicyclic) bond motifs is 1. The van der Waals surface area contributed by atoms with E-state index in [1.54, 1.807) is 0 Å². The predicted molar refractivity (Wildman–Crippen MR) is 89.3 cm³/mol. The van der Waals surface area contributed by atoms with E-state index in [9.17, 15) is 0 Å². The van der Waals surface area contributed by atoms with Crippen molar-refractivity contribution in [3.63, 3.8) is 0 Å². The predicted octanol–water partition coefficient (Wildman–Crippen LogP) is 2.96. The van der Waals surface area contributed by atoms with Crippen LogP contribution in [0.1, 0.15) is 32.6 Å². The fraction of sp³-hybridized carbons (Fsp3) is 0.667. The number of hydrogen-bond acceptors (Lipinski definition) is 3. The molecule has 4 rings (SSSR count). The number of hydrogen-bond donors (Lipinski definition) is 0. The molecule has 1 aromatic rings. The van der Waals surface area contributed by atoms with E-state index in [0.29, 0.717) is 6.04 Å². The van der Waals surface area contributed by atoms with Crippen molar-refractivity contribution in [2.24, 2.45) is 0 Å². The fourth-order valence-corrected chi connectivity index (χ4v) is 4.38. The number of benzene rings is 1. The van der Waals surface area contributed by atoms with E-state index in [1.165, 1.54) is 69.8 Å². The highest BCUT2D eigenvalue weighted by Gasteiger charge is 2.34. The van der Waals surface area contributed by atoms with Gasteiger partial charge in [-0.15, -0.1) is 0 Å². The van der Waals surface area contributed by atoms with E-state index in [4.69, 9.17) is 0 Å². The lowest BCUT2D eigenvalue weighted by Crippen LogP contribution is -2.55. The standard InChI is InChI=1S/C18H27N3/c1-15-13-20-12-4-5-18(20)14-21(15)17-8-6-16(7-9-17)19-10-2-3-11-19/h6-9,15,18H,2-5,10-14H2,1H3. The van der Waals surface area contributed by atoms with Crippen LogP contribution in [-0.4, -0.2) is 49.7 Å². The van der Waals surface area contributed by atoms with Crippen LogP contribution in [0.25, 0.3) is 0 Å². The van der Waals surface area contributed by atoms with E-state index < -0.39 is 0 Å². The molecule has 2 atom stereocenters. The molecule has 21 heavy (non-hydrogen) atoms. The summed E-state index contributed by atoms with van der Waals surface area (Å²) in [4.78, 5) is 7.84. The van der Waals surface area contributed by atoms with Gasteiger partial charge in [0.25, 0.3) is 0 Å². The Kier molecular flexibility index (Phi) is 3.54. The molecule has 3 fully saturated rings. The molecule has 0 spiro atoms. The maximum absolute atomic E-state index is 2.69. The minimum absolute atomic E-state index is 0.636. The van der Waals surface area contributed by atoms with Gasteiger partial charge in [0, 0.05) is 49.6 Å². The molecular formula is C18H27N3. The van der Waals surface area contributed by atoms with Crippen molar-refractivity contribution >= 4 is 11.4 Å². The minimum Gasteiger partial charge on any atom is -0.372 e. The molecule has 3 aliphatic rings. The molecule has 3 aliphatic heterocycles. The Bertz CT molecular complexity index is 478. The second-order valence-electron chi connectivity index (χ2n) is 7.00. The first kappa shape index (κ1) is 13.4. The molecule has 3 nitrogen and oxygen atoms in total. The van der Waals surface area contributed by atoms with E-state index in [1.807, 2.05) is 0 Å². The molecule has 0 radical (unpaired) electrons. The molecule has 0 amide bonds. The van der Waals surface area contributed by atoms with Crippen molar-refractivity contribution < 1.29 is 0 Å². The number of piperazine rings is 1. The van der Waals surface area contributed by atoms with Crippen LogP contribution in [0.2, 0.25) is 0 Å². The highest BCUT2D eigenvalue weighted by Crippen LogP contribution is 2.30. The van der Waals surface area contributed by atoms with Crippen molar-refractivity contribution in [2.45, 2.75) is 44.7 Å². The van der Waals surface area contributed by atoms with Gasteiger partial charge in [-0.05, 0) is 63.4 Å². The van der Waals surface area contributed by atoms with Gasteiger partial charge in [0.15, 0.2) is 0 Å². The van der Waals surface area contributed by atoms with Gasteiger partial charge in [-0.25, -0.2) is 0 Å². The lowest BCUT2D eigenvalue weighted by atomic mass is 10.1. The monoisotopic (exact) mass is 285 g/mol. The maximum atomic E-state index is 2.69. The van der Waals surface area contributed by atoms with Crippen LogP contribution in [-0.2, 0) is 0 Å². The third-order valence-electron chi connectivity index (χ3n) is 5.59. The third-order valence-corrected chi connectivity index (χ3v) is 5.59. The summed E-state index contributed by atoms with van der Waals surface area (Å²) in [7, 11) is 0. The van der Waals surface area contributed by atoms with Crippen molar-refractivity contribution in [2.75, 3.05) is 42.5 Å². The Morgan fingerprint density at radius 1 is 0.857 bits per heavy atom. The highest BCUT2D eigenvalue weighted by atomic mass is 15.3. The van der Waals surface area contributed by atoms with Crippen LogP contribution in [0.4, 0.5) is 11.4 Å². The van der Waals surface area contributed by atoms with Gasteiger partial charge < -0.3 is 9.80 Å². The molecule has 3 heteroatoms. The van der Waals surface area contributed by atoms with Gasteiger partial charge in [0.05, 0.1) is 0 Å². The smallest absolute Gasteiger partial charge is 0.0389 e. The molecule has 1 aromatic carbocycles. The van der Waals surface area contributed by atoms with Gasteiger partial charge in [-0.1, -0.05) is 0 Å². The fourth-order valence-electron chi connectivity index (χ4n) is 4.38. The Morgan fingerprint density at radius 3 is 2.33 bits per heavy atom. The second-order valence-corrected chi connectivity index (χ2v) is 7.00. The lowest BCUT2D eigenvalue weighted by Gasteiger charge is -2.43. The van der Waals surface area contributed by atoms with Crippen molar-refractivity contribution in [3.05, 3.63) is 24.3 Å². The normalized spacial score (nSPS) is 30.0. The molecule has 0 bridgehead atoms. The van der Waals surface area contributed by atoms with Crippen molar-refractivity contribution in [3.8, 4) is 0 Å². The van der Waals surface area contributed by atoms with E-state index in [0.717, 1.165) is 6.04 Å². The summed E-state index contributed by atoms with van der Waals surface area (Å²) in [6, 6.07) is 10.8. The van der Waals surface area contributed by atoms with Crippen LogP contribution in [0.5, 0.6) is 0 Å². The highest BCUT2D eigenvalue weighted by molar-refractivity contribution is 5.57. The summed E-state index contributed by atoms with van der Waals surface area (Å²) in [5, 5.41) is 0. The Morgan fingerprint density at radius 2 is 1.57 bits per heavy atom.